The van der Waals surface area contributed by atoms with Crippen LogP contribution in [0, 0.1) is 0 Å². The molecule has 5 rings (SSSR count). The molecule has 3 aromatic carbocycles. The highest BCUT2D eigenvalue weighted by Crippen LogP contribution is 2.40. The van der Waals surface area contributed by atoms with Gasteiger partial charge in [0.25, 0.3) is 5.91 Å². The molecule has 3 N–H and O–H groups in total. The standard InChI is InChI=1S/C31H34N4O4/c1-38-18-17-33-22-34(28(24-13-7-3-8-14-24)25-15-9-4-10-16-25)35-26(20-32)19-27(36)30(29(35)31(33)37)39-21-23-11-5-2-6-12-23/h2-16,19,27-28,36H,17-18,20-22,32H2,1H3. The Morgan fingerprint density at radius 2 is 1.54 bits per heavy atom. The number of ether oxygens (including phenoxy) is 2. The smallest absolute Gasteiger partial charge is 0.276 e. The number of benzene rings is 3. The van der Waals surface area contributed by atoms with E-state index in [0.717, 1.165) is 16.7 Å². The van der Waals surface area contributed by atoms with Gasteiger partial charge in [0.05, 0.1) is 19.3 Å². The number of carbonyl (C=O) groups is 1. The molecule has 1 amide bonds. The molecule has 1 atom stereocenters. The van der Waals surface area contributed by atoms with E-state index in [-0.39, 0.29) is 36.6 Å². The lowest BCUT2D eigenvalue weighted by Crippen LogP contribution is -2.61. The maximum atomic E-state index is 14.0. The average molecular weight is 527 g/mol. The Hall–Kier alpha value is -3.95. The Morgan fingerprint density at radius 1 is 0.949 bits per heavy atom. The molecule has 0 spiro atoms. The number of amides is 1. The van der Waals surface area contributed by atoms with Crippen molar-refractivity contribution in [1.82, 2.24) is 14.9 Å². The van der Waals surface area contributed by atoms with Gasteiger partial charge in [-0.3, -0.25) is 9.80 Å². The fourth-order valence-electron chi connectivity index (χ4n) is 5.08. The number of nitrogens with zero attached hydrogens (tertiary/aromatic N) is 3. The first-order valence-electron chi connectivity index (χ1n) is 13.1. The van der Waals surface area contributed by atoms with Gasteiger partial charge in [-0.1, -0.05) is 91.0 Å². The summed E-state index contributed by atoms with van der Waals surface area (Å²) in [6, 6.07) is 29.7. The van der Waals surface area contributed by atoms with E-state index in [0.29, 0.717) is 25.5 Å². The van der Waals surface area contributed by atoms with Gasteiger partial charge in [-0.05, 0) is 22.8 Å². The molecule has 39 heavy (non-hydrogen) atoms. The maximum absolute atomic E-state index is 14.0. The number of fused-ring (bicyclic) bond motifs is 1. The lowest BCUT2D eigenvalue weighted by Gasteiger charge is -2.51. The number of hydrazine groups is 1. The monoisotopic (exact) mass is 526 g/mol. The highest BCUT2D eigenvalue weighted by molar-refractivity contribution is 5.95. The molecule has 2 aliphatic heterocycles. The summed E-state index contributed by atoms with van der Waals surface area (Å²) < 4.78 is 11.5. The van der Waals surface area contributed by atoms with Gasteiger partial charge >= 0.3 is 0 Å². The number of rotatable bonds is 10. The quantitative estimate of drug-likeness (QED) is 0.419. The fraction of sp³-hybridized carbons (Fsp3) is 0.258. The molecule has 2 aliphatic rings. The van der Waals surface area contributed by atoms with Gasteiger partial charge < -0.3 is 25.2 Å². The Bertz CT molecular complexity index is 1270. The van der Waals surface area contributed by atoms with Crippen molar-refractivity contribution in [3.63, 3.8) is 0 Å². The molecule has 0 radical (unpaired) electrons. The van der Waals surface area contributed by atoms with Crippen LogP contribution in [0.15, 0.2) is 114 Å². The van der Waals surface area contributed by atoms with Gasteiger partial charge in [-0.2, -0.15) is 5.01 Å². The first-order valence-corrected chi connectivity index (χ1v) is 13.1. The summed E-state index contributed by atoms with van der Waals surface area (Å²) in [4.78, 5) is 15.7. The molecule has 202 valence electrons. The molecule has 1 fully saturated rings. The van der Waals surface area contributed by atoms with E-state index >= 15 is 0 Å². The highest BCUT2D eigenvalue weighted by Gasteiger charge is 2.45. The van der Waals surface area contributed by atoms with E-state index in [4.69, 9.17) is 15.2 Å². The van der Waals surface area contributed by atoms with Crippen molar-refractivity contribution in [2.24, 2.45) is 5.73 Å². The molecule has 0 aromatic heterocycles. The summed E-state index contributed by atoms with van der Waals surface area (Å²) in [6.45, 7) is 1.38. The summed E-state index contributed by atoms with van der Waals surface area (Å²) in [7, 11) is 1.61. The van der Waals surface area contributed by atoms with Gasteiger partial charge in [-0.25, -0.2) is 0 Å². The molecule has 0 aliphatic carbocycles. The number of methoxy groups -OCH3 is 1. The van der Waals surface area contributed by atoms with Crippen LogP contribution < -0.4 is 5.73 Å². The van der Waals surface area contributed by atoms with Crippen molar-refractivity contribution in [3.8, 4) is 0 Å². The second-order valence-electron chi connectivity index (χ2n) is 9.47. The Balaban J connectivity index is 1.64. The molecule has 1 saturated heterocycles. The van der Waals surface area contributed by atoms with Crippen molar-refractivity contribution in [2.75, 3.05) is 33.5 Å². The van der Waals surface area contributed by atoms with Crippen molar-refractivity contribution >= 4 is 5.91 Å². The topological polar surface area (TPSA) is 91.5 Å². The van der Waals surface area contributed by atoms with Crippen molar-refractivity contribution in [1.29, 1.82) is 0 Å². The molecule has 0 saturated carbocycles. The minimum Gasteiger partial charge on any atom is -0.488 e. The zero-order valence-electron chi connectivity index (χ0n) is 22.0. The SMILES string of the molecule is COCCN1CN(C(c2ccccc2)c2ccccc2)N2C(CN)=CC(O)C(OCc3ccccc3)=C2C1=O. The normalized spacial score (nSPS) is 17.9. The van der Waals surface area contributed by atoms with Crippen molar-refractivity contribution < 1.29 is 19.4 Å². The van der Waals surface area contributed by atoms with Gasteiger partial charge in [-0.15, -0.1) is 0 Å². The third-order valence-electron chi connectivity index (χ3n) is 6.94. The first-order chi connectivity index (χ1) is 19.1. The maximum Gasteiger partial charge on any atom is 0.276 e. The fourth-order valence-corrected chi connectivity index (χ4v) is 5.08. The Labute approximate surface area is 229 Å². The van der Waals surface area contributed by atoms with Crippen molar-refractivity contribution in [2.45, 2.75) is 18.8 Å². The van der Waals surface area contributed by atoms with Crippen LogP contribution in [-0.2, 0) is 20.9 Å². The molecule has 1 unspecified atom stereocenters. The van der Waals surface area contributed by atoms with Crippen LogP contribution in [0.3, 0.4) is 0 Å². The summed E-state index contributed by atoms with van der Waals surface area (Å²) >= 11 is 0. The van der Waals surface area contributed by atoms with Gasteiger partial charge in [0, 0.05) is 25.9 Å². The van der Waals surface area contributed by atoms with Crippen LogP contribution in [0.1, 0.15) is 22.7 Å². The molecule has 8 heteroatoms. The molecule has 0 bridgehead atoms. The molecular formula is C31H34N4O4. The molecule has 3 aromatic rings. The van der Waals surface area contributed by atoms with Crippen LogP contribution in [0.5, 0.6) is 0 Å². The van der Waals surface area contributed by atoms with Crippen LogP contribution in [0.25, 0.3) is 0 Å². The lowest BCUT2D eigenvalue weighted by molar-refractivity contribution is -0.153. The molecule has 2 heterocycles. The van der Waals surface area contributed by atoms with Gasteiger partial charge in [0.2, 0.25) is 0 Å². The number of aliphatic hydroxyl groups excluding tert-OH is 1. The van der Waals surface area contributed by atoms with Gasteiger partial charge in [0.15, 0.2) is 11.5 Å². The summed E-state index contributed by atoms with van der Waals surface area (Å²) in [6.07, 6.45) is 0.556. The van der Waals surface area contributed by atoms with E-state index in [1.807, 2.05) is 71.7 Å². The zero-order chi connectivity index (χ0) is 27.2. The first kappa shape index (κ1) is 26.6. The second-order valence-corrected chi connectivity index (χ2v) is 9.47. The van der Waals surface area contributed by atoms with E-state index < -0.39 is 6.10 Å². The Kier molecular flexibility index (Phi) is 8.39. The predicted molar refractivity (Wildman–Crippen MR) is 148 cm³/mol. The van der Waals surface area contributed by atoms with E-state index in [1.54, 1.807) is 18.1 Å². The summed E-state index contributed by atoms with van der Waals surface area (Å²) in [5, 5.41) is 15.1. The van der Waals surface area contributed by atoms with Gasteiger partial charge in [0.1, 0.15) is 12.7 Å². The number of hydrogen-bond donors (Lipinski definition) is 2. The number of nitrogens with two attached hydrogens (primary N) is 1. The average Bonchev–Trinajstić information content (AvgIpc) is 2.98. The molecular weight excluding hydrogens is 492 g/mol. The van der Waals surface area contributed by atoms with E-state index in [2.05, 4.69) is 29.3 Å². The van der Waals surface area contributed by atoms with Crippen LogP contribution in [0.2, 0.25) is 0 Å². The minimum absolute atomic E-state index is 0.130. The Morgan fingerprint density at radius 3 is 2.10 bits per heavy atom. The number of hydrogen-bond acceptors (Lipinski definition) is 7. The van der Waals surface area contributed by atoms with E-state index in [9.17, 15) is 9.90 Å². The van der Waals surface area contributed by atoms with Crippen molar-refractivity contribution in [3.05, 3.63) is 131 Å². The largest absolute Gasteiger partial charge is 0.488 e. The summed E-state index contributed by atoms with van der Waals surface area (Å²) in [5.41, 5.74) is 10.2. The highest BCUT2D eigenvalue weighted by atomic mass is 16.5. The third kappa shape index (κ3) is 5.60. The summed E-state index contributed by atoms with van der Waals surface area (Å²) in [5.74, 6) is -0.0441. The van der Waals surface area contributed by atoms with Crippen LogP contribution in [0.4, 0.5) is 0 Å². The zero-order valence-corrected chi connectivity index (χ0v) is 22.0. The second kappa shape index (κ2) is 12.3. The lowest BCUT2D eigenvalue weighted by atomic mass is 9.97. The third-order valence-corrected chi connectivity index (χ3v) is 6.94. The molecule has 8 nitrogen and oxygen atoms in total. The van der Waals surface area contributed by atoms with Crippen LogP contribution >= 0.6 is 0 Å². The minimum atomic E-state index is -1.11. The predicted octanol–water partition coefficient (Wildman–Crippen LogP) is 3.39. The number of aliphatic hydroxyl groups is 1. The number of carbonyl (C=O) groups excluding carboxylic acids is 1. The van der Waals surface area contributed by atoms with Crippen LogP contribution in [-0.4, -0.2) is 65.5 Å². The van der Waals surface area contributed by atoms with E-state index in [1.165, 1.54) is 0 Å².